The van der Waals surface area contributed by atoms with Crippen LogP contribution in [0.3, 0.4) is 0 Å². The van der Waals surface area contributed by atoms with Gasteiger partial charge in [0.15, 0.2) is 0 Å². The van der Waals surface area contributed by atoms with Gasteiger partial charge in [-0.3, -0.25) is 4.79 Å². The van der Waals surface area contributed by atoms with Crippen LogP contribution in [0.25, 0.3) is 0 Å². The number of hydrogen-bond donors (Lipinski definition) is 2. The average Bonchev–Trinajstić information content (AvgIpc) is 3.19. The van der Waals surface area contributed by atoms with E-state index in [0.29, 0.717) is 18.7 Å². The lowest BCUT2D eigenvalue weighted by Gasteiger charge is -2.25. The summed E-state index contributed by atoms with van der Waals surface area (Å²) in [6.45, 7) is 0.624. The first-order valence-electron chi connectivity index (χ1n) is 9.86. The minimum absolute atomic E-state index is 0.102. The molecule has 3 amide bonds. The van der Waals surface area contributed by atoms with Crippen molar-refractivity contribution in [1.82, 2.24) is 5.32 Å². The Balaban J connectivity index is 1.52. The molecular formula is C24H22BrN3O2. The molecule has 1 atom stereocenters. The highest BCUT2D eigenvalue weighted by atomic mass is 79.9. The second-order valence-corrected chi connectivity index (χ2v) is 8.13. The quantitative estimate of drug-likeness (QED) is 0.572. The zero-order valence-corrected chi connectivity index (χ0v) is 17.9. The number of rotatable bonds is 5. The number of amides is 3. The van der Waals surface area contributed by atoms with Crippen molar-refractivity contribution in [3.8, 4) is 0 Å². The molecule has 0 spiro atoms. The summed E-state index contributed by atoms with van der Waals surface area (Å²) in [6.07, 6.45) is 1.25. The fraction of sp³-hybridized carbons (Fsp3) is 0.167. The summed E-state index contributed by atoms with van der Waals surface area (Å²) < 4.78 is 0.929. The molecule has 0 radical (unpaired) electrons. The van der Waals surface area contributed by atoms with E-state index in [1.54, 1.807) is 17.0 Å². The highest BCUT2D eigenvalue weighted by Gasteiger charge is 2.31. The van der Waals surface area contributed by atoms with Crippen LogP contribution < -0.4 is 15.5 Å². The van der Waals surface area contributed by atoms with Crippen LogP contribution in [-0.2, 0) is 17.6 Å². The Hall–Kier alpha value is -3.12. The first kappa shape index (κ1) is 20.2. The maximum absolute atomic E-state index is 13.4. The van der Waals surface area contributed by atoms with Crippen LogP contribution in [0, 0.1) is 0 Å². The molecule has 0 saturated carbocycles. The maximum Gasteiger partial charge on any atom is 0.319 e. The fourth-order valence-corrected chi connectivity index (χ4v) is 3.93. The van der Waals surface area contributed by atoms with Crippen LogP contribution >= 0.6 is 15.9 Å². The summed E-state index contributed by atoms with van der Waals surface area (Å²) in [5.41, 5.74) is 3.74. The molecule has 1 heterocycles. The highest BCUT2D eigenvalue weighted by molar-refractivity contribution is 9.10. The van der Waals surface area contributed by atoms with Gasteiger partial charge in [-0.1, -0.05) is 64.5 Å². The van der Waals surface area contributed by atoms with Gasteiger partial charge in [-0.05, 0) is 47.9 Å². The molecule has 4 rings (SSSR count). The Morgan fingerprint density at radius 2 is 1.63 bits per heavy atom. The number of carbonyl (C=O) groups excluding carboxylic acids is 2. The Morgan fingerprint density at radius 3 is 2.40 bits per heavy atom. The Bertz CT molecular complexity index is 1040. The van der Waals surface area contributed by atoms with Gasteiger partial charge >= 0.3 is 6.03 Å². The van der Waals surface area contributed by atoms with Gasteiger partial charge in [0.1, 0.15) is 6.04 Å². The number of halogens is 1. The second kappa shape index (κ2) is 9.13. The molecule has 0 aromatic heterocycles. The summed E-state index contributed by atoms with van der Waals surface area (Å²) in [6, 6.07) is 23.9. The van der Waals surface area contributed by atoms with Gasteiger partial charge in [-0.2, -0.15) is 0 Å². The molecule has 3 aromatic rings. The van der Waals surface area contributed by atoms with Gasteiger partial charge in [0.2, 0.25) is 5.91 Å². The van der Waals surface area contributed by atoms with Crippen LogP contribution in [0.4, 0.5) is 16.2 Å². The largest absolute Gasteiger partial charge is 0.326 e. The van der Waals surface area contributed by atoms with Crippen molar-refractivity contribution in [2.24, 2.45) is 0 Å². The summed E-state index contributed by atoms with van der Waals surface area (Å²) in [5.74, 6) is -0.102. The van der Waals surface area contributed by atoms with Gasteiger partial charge in [0.05, 0.1) is 0 Å². The fourth-order valence-electron chi connectivity index (χ4n) is 3.66. The molecule has 3 aromatic carbocycles. The summed E-state index contributed by atoms with van der Waals surface area (Å²) in [4.78, 5) is 27.9. The van der Waals surface area contributed by atoms with Crippen LogP contribution in [0.1, 0.15) is 11.1 Å². The van der Waals surface area contributed by atoms with E-state index in [9.17, 15) is 9.59 Å². The zero-order valence-electron chi connectivity index (χ0n) is 16.3. The molecule has 6 heteroatoms. The summed E-state index contributed by atoms with van der Waals surface area (Å²) >= 11 is 3.38. The van der Waals surface area contributed by atoms with E-state index in [-0.39, 0.29) is 5.91 Å². The minimum atomic E-state index is -0.672. The lowest BCUT2D eigenvalue weighted by atomic mass is 10.0. The Labute approximate surface area is 184 Å². The molecular weight excluding hydrogens is 442 g/mol. The molecule has 0 fully saturated rings. The van der Waals surface area contributed by atoms with Crippen molar-refractivity contribution in [1.29, 1.82) is 0 Å². The third-order valence-electron chi connectivity index (χ3n) is 5.14. The van der Waals surface area contributed by atoms with Crippen LogP contribution in [-0.4, -0.2) is 24.5 Å². The predicted octanol–water partition coefficient (Wildman–Crippen LogP) is 4.77. The Morgan fingerprint density at radius 1 is 0.933 bits per heavy atom. The van der Waals surface area contributed by atoms with Crippen molar-refractivity contribution >= 4 is 39.2 Å². The van der Waals surface area contributed by atoms with Crippen molar-refractivity contribution in [3.63, 3.8) is 0 Å². The Kier molecular flexibility index (Phi) is 6.14. The number of para-hydroxylation sites is 1. The molecule has 0 saturated heterocycles. The van der Waals surface area contributed by atoms with Crippen molar-refractivity contribution < 1.29 is 9.59 Å². The van der Waals surface area contributed by atoms with Crippen LogP contribution in [0.2, 0.25) is 0 Å². The van der Waals surface area contributed by atoms with Gasteiger partial charge < -0.3 is 15.5 Å². The number of hydrogen-bond acceptors (Lipinski definition) is 2. The highest BCUT2D eigenvalue weighted by Crippen LogP contribution is 2.28. The van der Waals surface area contributed by atoms with E-state index in [0.717, 1.165) is 27.7 Å². The second-order valence-electron chi connectivity index (χ2n) is 7.22. The molecule has 2 N–H and O–H groups in total. The molecule has 0 aliphatic carbocycles. The van der Waals surface area contributed by atoms with Crippen molar-refractivity contribution in [3.05, 3.63) is 94.5 Å². The lowest BCUT2D eigenvalue weighted by Crippen LogP contribution is -2.50. The number of fused-ring (bicyclic) bond motifs is 1. The van der Waals surface area contributed by atoms with Gasteiger partial charge in [0, 0.05) is 28.8 Å². The number of nitrogens with zero attached hydrogens (tertiary/aromatic N) is 1. The smallest absolute Gasteiger partial charge is 0.319 e. The van der Waals surface area contributed by atoms with E-state index in [1.807, 2.05) is 66.7 Å². The van der Waals surface area contributed by atoms with Crippen molar-refractivity contribution in [2.75, 3.05) is 16.8 Å². The molecule has 0 unspecified atom stereocenters. The molecule has 1 aliphatic heterocycles. The predicted molar refractivity (Wildman–Crippen MR) is 123 cm³/mol. The molecule has 0 bridgehead atoms. The topological polar surface area (TPSA) is 61.4 Å². The van der Waals surface area contributed by atoms with E-state index < -0.39 is 12.1 Å². The van der Waals surface area contributed by atoms with Crippen LogP contribution in [0.15, 0.2) is 83.3 Å². The summed E-state index contributed by atoms with van der Waals surface area (Å²) in [5, 5.41) is 5.69. The first-order chi connectivity index (χ1) is 14.6. The SMILES string of the molecule is O=C(Nc1ccc(Br)cc1)N[C@H](Cc1ccccc1)C(=O)N1CCc2ccccc21. The van der Waals surface area contributed by atoms with Gasteiger partial charge in [-0.25, -0.2) is 4.79 Å². The van der Waals surface area contributed by atoms with Gasteiger partial charge in [-0.15, -0.1) is 0 Å². The monoisotopic (exact) mass is 463 g/mol. The van der Waals surface area contributed by atoms with E-state index in [2.05, 4.69) is 26.6 Å². The van der Waals surface area contributed by atoms with Crippen LogP contribution in [0.5, 0.6) is 0 Å². The molecule has 152 valence electrons. The number of benzene rings is 3. The standard InChI is InChI=1S/C24H22BrN3O2/c25-19-10-12-20(13-11-19)26-24(30)27-21(16-17-6-2-1-3-7-17)23(29)28-15-14-18-8-4-5-9-22(18)28/h1-13,21H,14-16H2,(H2,26,27,30)/t21-/m1/s1. The summed E-state index contributed by atoms with van der Waals surface area (Å²) in [7, 11) is 0. The van der Waals surface area contributed by atoms with E-state index >= 15 is 0 Å². The van der Waals surface area contributed by atoms with E-state index in [1.165, 1.54) is 0 Å². The average molecular weight is 464 g/mol. The normalized spacial score (nSPS) is 13.4. The third-order valence-corrected chi connectivity index (χ3v) is 5.67. The number of nitrogens with one attached hydrogen (secondary N) is 2. The zero-order chi connectivity index (χ0) is 20.9. The first-order valence-corrected chi connectivity index (χ1v) is 10.7. The number of urea groups is 1. The third kappa shape index (κ3) is 4.71. The van der Waals surface area contributed by atoms with Crippen molar-refractivity contribution in [2.45, 2.75) is 18.9 Å². The number of carbonyl (C=O) groups is 2. The lowest BCUT2D eigenvalue weighted by molar-refractivity contribution is -0.120. The minimum Gasteiger partial charge on any atom is -0.326 e. The maximum atomic E-state index is 13.4. The van der Waals surface area contributed by atoms with E-state index in [4.69, 9.17) is 0 Å². The number of anilines is 2. The molecule has 1 aliphatic rings. The van der Waals surface area contributed by atoms with Gasteiger partial charge in [0.25, 0.3) is 0 Å². The molecule has 30 heavy (non-hydrogen) atoms. The molecule has 5 nitrogen and oxygen atoms in total.